The molecule has 19 heavy (non-hydrogen) atoms. The molecule has 0 saturated carbocycles. The van der Waals surface area contributed by atoms with Crippen molar-refractivity contribution in [1.82, 2.24) is 4.57 Å². The highest BCUT2D eigenvalue weighted by Gasteiger charge is 2.23. The van der Waals surface area contributed by atoms with E-state index in [4.69, 9.17) is 10.00 Å². The lowest BCUT2D eigenvalue weighted by atomic mass is 10.0. The van der Waals surface area contributed by atoms with Crippen molar-refractivity contribution in [1.29, 1.82) is 5.26 Å². The molecule has 96 valence electrons. The summed E-state index contributed by atoms with van der Waals surface area (Å²) in [6.07, 6.45) is 2.73. The van der Waals surface area contributed by atoms with Gasteiger partial charge in [-0.25, -0.2) is 0 Å². The normalized spacial score (nSPS) is 18.6. The van der Waals surface area contributed by atoms with E-state index in [1.165, 1.54) is 0 Å². The molecule has 0 N–H and O–H groups in total. The largest absolute Gasteiger partial charge is 0.381 e. The highest BCUT2D eigenvalue weighted by molar-refractivity contribution is 5.86. The lowest BCUT2D eigenvalue weighted by Gasteiger charge is -2.08. The standard InChI is InChI=1S/C15H14N2O2/c16-8-11-1-2-14-12(7-11)3-5-17(14)9-15(18)13-4-6-19-10-13/h1-3,5,7,13H,4,6,9-10H2. The lowest BCUT2D eigenvalue weighted by Crippen LogP contribution is -2.19. The Morgan fingerprint density at radius 2 is 2.37 bits per heavy atom. The zero-order chi connectivity index (χ0) is 13.2. The van der Waals surface area contributed by atoms with Gasteiger partial charge in [-0.15, -0.1) is 0 Å². The predicted octanol–water partition coefficient (Wildman–Crippen LogP) is 2.12. The molecule has 1 atom stereocenters. The Bertz CT molecular complexity index is 660. The zero-order valence-corrected chi connectivity index (χ0v) is 10.5. The Hall–Kier alpha value is -2.12. The van der Waals surface area contributed by atoms with Gasteiger partial charge in [0.1, 0.15) is 0 Å². The van der Waals surface area contributed by atoms with Crippen molar-refractivity contribution in [3.63, 3.8) is 0 Å². The predicted molar refractivity (Wildman–Crippen MR) is 70.6 cm³/mol. The molecule has 1 saturated heterocycles. The first-order chi connectivity index (χ1) is 9.28. The van der Waals surface area contributed by atoms with E-state index in [-0.39, 0.29) is 11.7 Å². The van der Waals surface area contributed by atoms with Crippen molar-refractivity contribution >= 4 is 16.7 Å². The minimum atomic E-state index is 0.0378. The summed E-state index contributed by atoms with van der Waals surface area (Å²) in [5, 5.41) is 9.86. The average molecular weight is 254 g/mol. The van der Waals surface area contributed by atoms with Gasteiger partial charge in [-0.1, -0.05) is 0 Å². The van der Waals surface area contributed by atoms with Crippen LogP contribution in [0.4, 0.5) is 0 Å². The topological polar surface area (TPSA) is 55.0 Å². The molecule has 0 radical (unpaired) electrons. The van der Waals surface area contributed by atoms with E-state index in [2.05, 4.69) is 6.07 Å². The number of aromatic nitrogens is 1. The van der Waals surface area contributed by atoms with Crippen LogP contribution in [0.3, 0.4) is 0 Å². The molecule has 1 fully saturated rings. The fourth-order valence-electron chi connectivity index (χ4n) is 2.49. The molecule has 0 aliphatic carbocycles. The van der Waals surface area contributed by atoms with E-state index >= 15 is 0 Å². The maximum Gasteiger partial charge on any atom is 0.157 e. The monoisotopic (exact) mass is 254 g/mol. The van der Waals surface area contributed by atoms with E-state index < -0.39 is 0 Å². The molecule has 0 bridgehead atoms. The molecule has 1 unspecified atom stereocenters. The van der Waals surface area contributed by atoms with Crippen molar-refractivity contribution in [2.45, 2.75) is 13.0 Å². The minimum absolute atomic E-state index is 0.0378. The number of carbonyl (C=O) groups is 1. The van der Waals surface area contributed by atoms with Crippen molar-refractivity contribution in [2.75, 3.05) is 13.2 Å². The van der Waals surface area contributed by atoms with Gasteiger partial charge in [-0.05, 0) is 30.7 Å². The number of hydrogen-bond donors (Lipinski definition) is 0. The summed E-state index contributed by atoms with van der Waals surface area (Å²) in [4.78, 5) is 12.1. The number of ketones is 1. The summed E-state index contributed by atoms with van der Waals surface area (Å²) >= 11 is 0. The van der Waals surface area contributed by atoms with Crippen LogP contribution in [0.2, 0.25) is 0 Å². The van der Waals surface area contributed by atoms with Gasteiger partial charge in [0, 0.05) is 29.6 Å². The van der Waals surface area contributed by atoms with Gasteiger partial charge in [0.05, 0.1) is 24.8 Å². The summed E-state index contributed by atoms with van der Waals surface area (Å²) < 4.78 is 7.19. The summed E-state index contributed by atoms with van der Waals surface area (Å²) in [6.45, 7) is 1.62. The van der Waals surface area contributed by atoms with E-state index in [0.717, 1.165) is 17.3 Å². The van der Waals surface area contributed by atoms with E-state index in [1.807, 2.05) is 29.0 Å². The highest BCUT2D eigenvalue weighted by Crippen LogP contribution is 2.20. The number of fused-ring (bicyclic) bond motifs is 1. The van der Waals surface area contributed by atoms with Crippen molar-refractivity contribution in [3.05, 3.63) is 36.0 Å². The molecular weight excluding hydrogens is 240 g/mol. The molecule has 1 aliphatic rings. The number of nitriles is 1. The maximum absolute atomic E-state index is 12.1. The molecular formula is C15H14N2O2. The fourth-order valence-corrected chi connectivity index (χ4v) is 2.49. The van der Waals surface area contributed by atoms with Gasteiger partial charge >= 0.3 is 0 Å². The summed E-state index contributed by atoms with van der Waals surface area (Å²) in [6, 6.07) is 9.58. The summed E-state index contributed by atoms with van der Waals surface area (Å²) in [5.74, 6) is 0.259. The molecule has 0 amide bonds. The van der Waals surface area contributed by atoms with Gasteiger partial charge < -0.3 is 9.30 Å². The van der Waals surface area contributed by atoms with Gasteiger partial charge in [-0.3, -0.25) is 4.79 Å². The second-order valence-electron chi connectivity index (χ2n) is 4.86. The van der Waals surface area contributed by atoms with Crippen LogP contribution >= 0.6 is 0 Å². The van der Waals surface area contributed by atoms with Crippen LogP contribution in [0.1, 0.15) is 12.0 Å². The number of benzene rings is 1. The Labute approximate surface area is 111 Å². The third-order valence-corrected chi connectivity index (χ3v) is 3.61. The molecule has 2 heterocycles. The van der Waals surface area contributed by atoms with Crippen LogP contribution in [0, 0.1) is 17.2 Å². The highest BCUT2D eigenvalue weighted by atomic mass is 16.5. The van der Waals surface area contributed by atoms with Crippen LogP contribution < -0.4 is 0 Å². The molecule has 4 heteroatoms. The van der Waals surface area contributed by atoms with Crippen LogP contribution in [-0.2, 0) is 16.1 Å². The first-order valence-corrected chi connectivity index (χ1v) is 6.37. The zero-order valence-electron chi connectivity index (χ0n) is 10.5. The molecule has 3 rings (SSSR count). The third kappa shape index (κ3) is 2.25. The SMILES string of the molecule is N#Cc1ccc2c(ccn2CC(=O)C2CCOC2)c1. The van der Waals surface area contributed by atoms with Gasteiger partial charge in [-0.2, -0.15) is 5.26 Å². The van der Waals surface area contributed by atoms with Crippen LogP contribution in [-0.4, -0.2) is 23.6 Å². The number of rotatable bonds is 3. The molecule has 1 aromatic carbocycles. The van der Waals surface area contributed by atoms with Crippen LogP contribution in [0.5, 0.6) is 0 Å². The molecule has 2 aromatic rings. The Morgan fingerprint density at radius 3 is 3.11 bits per heavy atom. The molecule has 1 aromatic heterocycles. The van der Waals surface area contributed by atoms with Crippen molar-refractivity contribution in [3.8, 4) is 6.07 Å². The Kier molecular flexibility index (Phi) is 3.06. The Morgan fingerprint density at radius 1 is 1.47 bits per heavy atom. The van der Waals surface area contributed by atoms with Gasteiger partial charge in [0.25, 0.3) is 0 Å². The quantitative estimate of drug-likeness (QED) is 0.843. The summed E-state index contributed by atoms with van der Waals surface area (Å²) in [7, 11) is 0. The third-order valence-electron chi connectivity index (χ3n) is 3.61. The van der Waals surface area contributed by atoms with Gasteiger partial charge in [0.2, 0.25) is 0 Å². The van der Waals surface area contributed by atoms with Crippen LogP contribution in [0.25, 0.3) is 10.9 Å². The lowest BCUT2D eigenvalue weighted by molar-refractivity contribution is -0.123. The first-order valence-electron chi connectivity index (χ1n) is 6.37. The first kappa shape index (κ1) is 11.9. The van der Waals surface area contributed by atoms with E-state index in [9.17, 15) is 4.79 Å². The smallest absolute Gasteiger partial charge is 0.157 e. The number of hydrogen-bond acceptors (Lipinski definition) is 3. The summed E-state index contributed by atoms with van der Waals surface area (Å²) in [5.41, 5.74) is 1.63. The maximum atomic E-state index is 12.1. The van der Waals surface area contributed by atoms with Crippen molar-refractivity contribution in [2.24, 2.45) is 5.92 Å². The van der Waals surface area contributed by atoms with E-state index in [1.54, 1.807) is 6.07 Å². The molecule has 0 spiro atoms. The molecule has 4 nitrogen and oxygen atoms in total. The van der Waals surface area contributed by atoms with Gasteiger partial charge in [0.15, 0.2) is 5.78 Å². The van der Waals surface area contributed by atoms with Crippen LogP contribution in [0.15, 0.2) is 30.5 Å². The van der Waals surface area contributed by atoms with Crippen molar-refractivity contribution < 1.29 is 9.53 Å². The average Bonchev–Trinajstić information content (AvgIpc) is 3.08. The molecule has 1 aliphatic heterocycles. The minimum Gasteiger partial charge on any atom is -0.381 e. The van der Waals surface area contributed by atoms with E-state index in [0.29, 0.717) is 25.3 Å². The number of nitrogens with zero attached hydrogens (tertiary/aromatic N) is 2. The number of carbonyl (C=O) groups excluding carboxylic acids is 1. The number of ether oxygens (including phenoxy) is 1. The second-order valence-corrected chi connectivity index (χ2v) is 4.86. The second kappa shape index (κ2) is 4.87. The number of Topliss-reactive ketones (excluding diaryl/α,β-unsaturated/α-hetero) is 1. The Balaban J connectivity index is 1.85. The fraction of sp³-hybridized carbons (Fsp3) is 0.333.